The fourth-order valence-electron chi connectivity index (χ4n) is 2.16. The van der Waals surface area contributed by atoms with Gasteiger partial charge in [-0.1, -0.05) is 0 Å². The van der Waals surface area contributed by atoms with Crippen molar-refractivity contribution in [2.75, 3.05) is 0 Å². The monoisotopic (exact) mass is 208 g/mol. The summed E-state index contributed by atoms with van der Waals surface area (Å²) in [4.78, 5) is 10.7. The lowest BCUT2D eigenvalue weighted by Gasteiger charge is -2.15. The zero-order valence-electron chi connectivity index (χ0n) is 8.74. The van der Waals surface area contributed by atoms with Gasteiger partial charge in [-0.05, 0) is 37.8 Å². The van der Waals surface area contributed by atoms with Gasteiger partial charge in [0, 0.05) is 12.3 Å². The summed E-state index contributed by atoms with van der Waals surface area (Å²) in [6.07, 6.45) is 9.29. The topological polar surface area (TPSA) is 46.5 Å². The molecule has 3 nitrogen and oxygen atoms in total. The van der Waals surface area contributed by atoms with Gasteiger partial charge in [-0.15, -0.1) is 0 Å². The Hall–Kier alpha value is -1.25. The normalized spacial score (nSPS) is 25.5. The third-order valence-electron chi connectivity index (χ3n) is 2.93. The van der Waals surface area contributed by atoms with Gasteiger partial charge in [0.05, 0.1) is 12.2 Å². The Balaban J connectivity index is 2.14. The smallest absolute Gasteiger partial charge is 0.304 e. The van der Waals surface area contributed by atoms with Crippen LogP contribution < -0.4 is 0 Å². The van der Waals surface area contributed by atoms with Crippen LogP contribution >= 0.6 is 0 Å². The van der Waals surface area contributed by atoms with Crippen LogP contribution in [0.25, 0.3) is 0 Å². The molecule has 0 saturated carbocycles. The molecule has 0 fully saturated rings. The minimum absolute atomic E-state index is 0.0642. The fraction of sp³-hybridized carbons (Fsp3) is 0.583. The molecule has 2 aliphatic heterocycles. The average Bonchev–Trinajstić information content (AvgIpc) is 2.50. The molecule has 2 heterocycles. The van der Waals surface area contributed by atoms with Crippen LogP contribution in [0.3, 0.4) is 0 Å². The molecule has 0 aliphatic carbocycles. The molecule has 15 heavy (non-hydrogen) atoms. The minimum Gasteiger partial charge on any atom is -0.481 e. The molecule has 1 atom stereocenters. The lowest BCUT2D eigenvalue weighted by molar-refractivity contribution is -0.138. The van der Waals surface area contributed by atoms with Crippen LogP contribution in [-0.2, 0) is 9.53 Å². The molecule has 1 unspecified atom stereocenters. The first-order chi connectivity index (χ1) is 7.25. The predicted molar refractivity (Wildman–Crippen MR) is 56.1 cm³/mol. The number of rotatable bonds is 2. The SMILES string of the molecule is O=C(O)CC1CCC=C2CCCC=C1O2. The summed E-state index contributed by atoms with van der Waals surface area (Å²) in [5, 5.41) is 8.83. The lowest BCUT2D eigenvalue weighted by atomic mass is 9.96. The summed E-state index contributed by atoms with van der Waals surface area (Å²) in [5.41, 5.74) is 0. The van der Waals surface area contributed by atoms with E-state index in [2.05, 4.69) is 12.2 Å². The molecule has 0 spiro atoms. The maximum Gasteiger partial charge on any atom is 0.304 e. The highest BCUT2D eigenvalue weighted by Gasteiger charge is 2.23. The average molecular weight is 208 g/mol. The van der Waals surface area contributed by atoms with Crippen molar-refractivity contribution >= 4 is 5.97 Å². The minimum atomic E-state index is -0.739. The second-order valence-corrected chi connectivity index (χ2v) is 4.14. The Bertz CT molecular complexity index is 315. The highest BCUT2D eigenvalue weighted by Crippen LogP contribution is 2.32. The first-order valence-electron chi connectivity index (χ1n) is 5.54. The molecule has 0 aromatic rings. The van der Waals surface area contributed by atoms with Crippen molar-refractivity contribution in [2.45, 2.75) is 38.5 Å². The zero-order chi connectivity index (χ0) is 10.7. The van der Waals surface area contributed by atoms with Crippen LogP contribution in [0.5, 0.6) is 0 Å². The number of fused-ring (bicyclic) bond motifs is 2. The van der Waals surface area contributed by atoms with Gasteiger partial charge < -0.3 is 9.84 Å². The molecule has 0 radical (unpaired) electrons. The molecule has 2 rings (SSSR count). The van der Waals surface area contributed by atoms with Crippen molar-refractivity contribution in [2.24, 2.45) is 5.92 Å². The number of aliphatic carboxylic acids is 1. The number of carbonyl (C=O) groups is 1. The fourth-order valence-corrected chi connectivity index (χ4v) is 2.16. The van der Waals surface area contributed by atoms with Gasteiger partial charge in [0.25, 0.3) is 0 Å². The molecule has 82 valence electrons. The van der Waals surface area contributed by atoms with Gasteiger partial charge in [0.1, 0.15) is 5.76 Å². The second-order valence-electron chi connectivity index (χ2n) is 4.14. The van der Waals surface area contributed by atoms with Crippen molar-refractivity contribution in [1.29, 1.82) is 0 Å². The highest BCUT2D eigenvalue weighted by atomic mass is 16.5. The predicted octanol–water partition coefficient (Wildman–Crippen LogP) is 2.84. The van der Waals surface area contributed by atoms with Crippen molar-refractivity contribution in [3.8, 4) is 0 Å². The number of carboxylic acids is 1. The van der Waals surface area contributed by atoms with Crippen LogP contribution in [0.4, 0.5) is 0 Å². The summed E-state index contributed by atoms with van der Waals surface area (Å²) < 4.78 is 5.74. The van der Waals surface area contributed by atoms with Gasteiger partial charge in [-0.2, -0.15) is 0 Å². The van der Waals surface area contributed by atoms with E-state index in [0.29, 0.717) is 0 Å². The Morgan fingerprint density at radius 1 is 1.47 bits per heavy atom. The summed E-state index contributed by atoms with van der Waals surface area (Å²) >= 11 is 0. The number of allylic oxidation sites excluding steroid dienone is 4. The van der Waals surface area contributed by atoms with E-state index in [1.54, 1.807) is 0 Å². The van der Waals surface area contributed by atoms with E-state index in [0.717, 1.165) is 43.6 Å². The van der Waals surface area contributed by atoms with Crippen LogP contribution in [0.1, 0.15) is 38.5 Å². The molecular weight excluding hydrogens is 192 g/mol. The summed E-state index contributed by atoms with van der Waals surface area (Å²) in [6.45, 7) is 0. The molecule has 0 aromatic carbocycles. The molecule has 1 N–H and O–H groups in total. The lowest BCUT2D eigenvalue weighted by Crippen LogP contribution is -2.10. The number of hydrogen-bond donors (Lipinski definition) is 1. The third-order valence-corrected chi connectivity index (χ3v) is 2.93. The van der Waals surface area contributed by atoms with E-state index in [4.69, 9.17) is 9.84 Å². The number of ether oxygens (including phenoxy) is 1. The molecule has 3 heteroatoms. The highest BCUT2D eigenvalue weighted by molar-refractivity contribution is 5.67. The maximum atomic E-state index is 10.7. The van der Waals surface area contributed by atoms with Crippen LogP contribution in [-0.4, -0.2) is 11.1 Å². The third kappa shape index (κ3) is 2.61. The molecule has 0 amide bonds. The largest absolute Gasteiger partial charge is 0.481 e. The molecule has 2 bridgehead atoms. The maximum absolute atomic E-state index is 10.7. The van der Waals surface area contributed by atoms with E-state index in [-0.39, 0.29) is 12.3 Å². The standard InChI is InChI=1S/C12H16O3/c13-12(14)8-9-4-3-6-10-5-1-2-7-11(9)15-10/h6-7,9H,1-5,8H2,(H,13,14). The zero-order valence-corrected chi connectivity index (χ0v) is 8.74. The number of hydrogen-bond acceptors (Lipinski definition) is 2. The van der Waals surface area contributed by atoms with Crippen molar-refractivity contribution in [3.05, 3.63) is 23.7 Å². The van der Waals surface area contributed by atoms with Gasteiger partial charge in [0.15, 0.2) is 0 Å². The summed E-state index contributed by atoms with van der Waals surface area (Å²) in [5.74, 6) is 1.25. The van der Waals surface area contributed by atoms with Crippen molar-refractivity contribution < 1.29 is 14.6 Å². The van der Waals surface area contributed by atoms with Gasteiger partial charge in [-0.3, -0.25) is 4.79 Å². The first-order valence-corrected chi connectivity index (χ1v) is 5.54. The van der Waals surface area contributed by atoms with E-state index in [1.807, 2.05) is 0 Å². The van der Waals surface area contributed by atoms with E-state index < -0.39 is 5.97 Å². The first kappa shape index (κ1) is 10.3. The number of carboxylic acid groups (broad SMARTS) is 1. The molecule has 0 aromatic heterocycles. The van der Waals surface area contributed by atoms with Crippen LogP contribution in [0.2, 0.25) is 0 Å². The Morgan fingerprint density at radius 3 is 3.13 bits per heavy atom. The Labute approximate surface area is 89.4 Å². The van der Waals surface area contributed by atoms with E-state index >= 15 is 0 Å². The van der Waals surface area contributed by atoms with Gasteiger partial charge >= 0.3 is 5.97 Å². The van der Waals surface area contributed by atoms with Crippen LogP contribution in [0.15, 0.2) is 23.7 Å². The van der Waals surface area contributed by atoms with E-state index in [1.165, 1.54) is 0 Å². The van der Waals surface area contributed by atoms with Crippen molar-refractivity contribution in [3.63, 3.8) is 0 Å². The molecular formula is C12H16O3. The van der Waals surface area contributed by atoms with Crippen molar-refractivity contribution in [1.82, 2.24) is 0 Å². The quantitative estimate of drug-likeness (QED) is 0.759. The second kappa shape index (κ2) is 4.51. The Kier molecular flexibility index (Phi) is 3.09. The summed E-state index contributed by atoms with van der Waals surface area (Å²) in [6, 6.07) is 0. The van der Waals surface area contributed by atoms with Gasteiger partial charge in [0.2, 0.25) is 0 Å². The Morgan fingerprint density at radius 2 is 2.33 bits per heavy atom. The molecule has 0 saturated heterocycles. The van der Waals surface area contributed by atoms with E-state index in [9.17, 15) is 4.79 Å². The summed E-state index contributed by atoms with van der Waals surface area (Å²) in [7, 11) is 0. The van der Waals surface area contributed by atoms with Crippen LogP contribution in [0, 0.1) is 5.92 Å². The molecule has 2 aliphatic rings. The van der Waals surface area contributed by atoms with Gasteiger partial charge in [-0.25, -0.2) is 0 Å².